The molecule has 4 heteroatoms. The number of aliphatic hydroxyl groups is 1. The number of nitrogens with zero attached hydrogens (tertiary/aromatic N) is 1. The Bertz CT molecular complexity index is 432. The van der Waals surface area contributed by atoms with Crippen LogP contribution in [0.5, 0.6) is 0 Å². The molecule has 3 nitrogen and oxygen atoms in total. The van der Waals surface area contributed by atoms with E-state index in [1.807, 2.05) is 0 Å². The van der Waals surface area contributed by atoms with Crippen LogP contribution in [0.3, 0.4) is 0 Å². The van der Waals surface area contributed by atoms with Gasteiger partial charge in [-0.15, -0.1) is 0 Å². The van der Waals surface area contributed by atoms with Gasteiger partial charge in [0.1, 0.15) is 5.82 Å². The van der Waals surface area contributed by atoms with Crippen molar-refractivity contribution in [3.63, 3.8) is 0 Å². The first-order valence-electron chi connectivity index (χ1n) is 6.76. The predicted octanol–water partition coefficient (Wildman–Crippen LogP) is 2.13. The van der Waals surface area contributed by atoms with E-state index in [2.05, 4.69) is 0 Å². The van der Waals surface area contributed by atoms with Crippen LogP contribution in [-0.2, 0) is 11.2 Å². The second kappa shape index (κ2) is 6.15. The summed E-state index contributed by atoms with van der Waals surface area (Å²) in [6, 6.07) is 5.88. The summed E-state index contributed by atoms with van der Waals surface area (Å²) < 4.78 is 12.8. The standard InChI is InChI=1S/C15H20FNO2/c1-17(13-4-2-3-5-14(13)18)15(19)10-11-6-8-12(16)9-7-11/h6-9,13-14,18H,2-5,10H2,1H3. The molecule has 2 rings (SSSR count). The summed E-state index contributed by atoms with van der Waals surface area (Å²) in [4.78, 5) is 13.8. The molecule has 2 unspecified atom stereocenters. The van der Waals surface area contributed by atoms with Crippen LogP contribution in [0, 0.1) is 5.82 Å². The van der Waals surface area contributed by atoms with E-state index in [-0.39, 0.29) is 24.2 Å². The predicted molar refractivity (Wildman–Crippen MR) is 71.1 cm³/mol. The molecule has 1 aromatic rings. The molecule has 0 radical (unpaired) electrons. The third-order valence-electron chi connectivity index (χ3n) is 3.85. The van der Waals surface area contributed by atoms with Gasteiger partial charge < -0.3 is 10.0 Å². The van der Waals surface area contributed by atoms with E-state index in [4.69, 9.17) is 0 Å². The van der Waals surface area contributed by atoms with Crippen LogP contribution >= 0.6 is 0 Å². The summed E-state index contributed by atoms with van der Waals surface area (Å²) >= 11 is 0. The number of carbonyl (C=O) groups excluding carboxylic acids is 1. The molecule has 1 saturated carbocycles. The Kier molecular flexibility index (Phi) is 4.53. The van der Waals surface area contributed by atoms with Crippen LogP contribution in [0.25, 0.3) is 0 Å². The minimum absolute atomic E-state index is 0.0300. The SMILES string of the molecule is CN(C(=O)Cc1ccc(F)cc1)C1CCCCC1O. The van der Waals surface area contributed by atoms with Crippen LogP contribution in [0.15, 0.2) is 24.3 Å². The molecule has 1 amide bonds. The minimum atomic E-state index is -0.420. The van der Waals surface area contributed by atoms with E-state index in [0.29, 0.717) is 0 Å². The molecule has 0 bridgehead atoms. The van der Waals surface area contributed by atoms with Crippen LogP contribution < -0.4 is 0 Å². The van der Waals surface area contributed by atoms with Gasteiger partial charge in [-0.1, -0.05) is 25.0 Å². The van der Waals surface area contributed by atoms with Crippen LogP contribution in [-0.4, -0.2) is 35.1 Å². The molecule has 1 aliphatic carbocycles. The lowest BCUT2D eigenvalue weighted by molar-refractivity contribution is -0.134. The van der Waals surface area contributed by atoms with Crippen LogP contribution in [0.2, 0.25) is 0 Å². The summed E-state index contributed by atoms with van der Waals surface area (Å²) in [5, 5.41) is 9.95. The Morgan fingerprint density at radius 1 is 1.32 bits per heavy atom. The van der Waals surface area contributed by atoms with E-state index in [0.717, 1.165) is 31.2 Å². The lowest BCUT2D eigenvalue weighted by Crippen LogP contribution is -2.46. The number of carbonyl (C=O) groups is 1. The zero-order valence-electron chi connectivity index (χ0n) is 11.2. The molecule has 0 aromatic heterocycles. The van der Waals surface area contributed by atoms with Gasteiger partial charge in [-0.2, -0.15) is 0 Å². The maximum Gasteiger partial charge on any atom is 0.227 e. The largest absolute Gasteiger partial charge is 0.391 e. The van der Waals surface area contributed by atoms with Crippen molar-refractivity contribution in [2.45, 2.75) is 44.2 Å². The summed E-state index contributed by atoms with van der Waals surface area (Å²) in [5.41, 5.74) is 0.795. The second-order valence-corrected chi connectivity index (χ2v) is 5.23. The molecule has 1 fully saturated rings. The Labute approximate surface area is 113 Å². The van der Waals surface area contributed by atoms with Gasteiger partial charge >= 0.3 is 0 Å². The average molecular weight is 265 g/mol. The smallest absolute Gasteiger partial charge is 0.227 e. The van der Waals surface area contributed by atoms with E-state index in [9.17, 15) is 14.3 Å². The fourth-order valence-electron chi connectivity index (χ4n) is 2.63. The Balaban J connectivity index is 1.96. The molecule has 19 heavy (non-hydrogen) atoms. The van der Waals surface area contributed by atoms with Gasteiger partial charge in [-0.05, 0) is 30.5 Å². The van der Waals surface area contributed by atoms with Crippen molar-refractivity contribution in [3.8, 4) is 0 Å². The van der Waals surface area contributed by atoms with E-state index in [1.54, 1.807) is 24.1 Å². The molecule has 1 aliphatic rings. The summed E-state index contributed by atoms with van der Waals surface area (Å²) in [6.07, 6.45) is 3.52. The van der Waals surface area contributed by atoms with Crippen molar-refractivity contribution in [2.24, 2.45) is 0 Å². The molecule has 0 heterocycles. The van der Waals surface area contributed by atoms with Gasteiger partial charge in [0.15, 0.2) is 0 Å². The third kappa shape index (κ3) is 3.53. The number of hydrogen-bond acceptors (Lipinski definition) is 2. The van der Waals surface area contributed by atoms with E-state index < -0.39 is 6.10 Å². The third-order valence-corrected chi connectivity index (χ3v) is 3.85. The molecule has 0 spiro atoms. The van der Waals surface area contributed by atoms with Gasteiger partial charge in [0.05, 0.1) is 18.6 Å². The van der Waals surface area contributed by atoms with Gasteiger partial charge in [0.25, 0.3) is 0 Å². The Morgan fingerprint density at radius 2 is 1.95 bits per heavy atom. The van der Waals surface area contributed by atoms with Crippen LogP contribution in [0.4, 0.5) is 4.39 Å². The van der Waals surface area contributed by atoms with Crippen molar-refractivity contribution in [3.05, 3.63) is 35.6 Å². The maximum absolute atomic E-state index is 12.8. The van der Waals surface area contributed by atoms with Crippen molar-refractivity contribution in [2.75, 3.05) is 7.05 Å². The average Bonchev–Trinajstić information content (AvgIpc) is 2.41. The second-order valence-electron chi connectivity index (χ2n) is 5.23. The van der Waals surface area contributed by atoms with Crippen molar-refractivity contribution in [1.82, 2.24) is 4.90 Å². The van der Waals surface area contributed by atoms with Crippen molar-refractivity contribution < 1.29 is 14.3 Å². The van der Waals surface area contributed by atoms with E-state index >= 15 is 0 Å². The Hall–Kier alpha value is -1.42. The fraction of sp³-hybridized carbons (Fsp3) is 0.533. The van der Waals surface area contributed by atoms with Gasteiger partial charge in [0, 0.05) is 7.05 Å². The van der Waals surface area contributed by atoms with Crippen LogP contribution in [0.1, 0.15) is 31.2 Å². The van der Waals surface area contributed by atoms with E-state index in [1.165, 1.54) is 12.1 Å². The quantitative estimate of drug-likeness (QED) is 0.909. The Morgan fingerprint density at radius 3 is 2.58 bits per heavy atom. The van der Waals surface area contributed by atoms with Gasteiger partial charge in [-0.3, -0.25) is 4.79 Å². The molecule has 1 N–H and O–H groups in total. The lowest BCUT2D eigenvalue weighted by Gasteiger charge is -2.35. The number of likely N-dealkylation sites (N-methyl/N-ethyl adjacent to an activating group) is 1. The summed E-state index contributed by atoms with van der Waals surface area (Å²) in [7, 11) is 1.74. The molecule has 0 aliphatic heterocycles. The molecule has 2 atom stereocenters. The normalized spacial score (nSPS) is 23.1. The number of rotatable bonds is 3. The number of hydrogen-bond donors (Lipinski definition) is 1. The molecular formula is C15H20FNO2. The molecule has 1 aromatic carbocycles. The lowest BCUT2D eigenvalue weighted by atomic mass is 9.91. The fourth-order valence-corrected chi connectivity index (χ4v) is 2.63. The number of halogens is 1. The number of amides is 1. The monoisotopic (exact) mass is 265 g/mol. The first-order valence-corrected chi connectivity index (χ1v) is 6.76. The first-order chi connectivity index (χ1) is 9.08. The first kappa shape index (κ1) is 14.0. The minimum Gasteiger partial charge on any atom is -0.391 e. The maximum atomic E-state index is 12.8. The zero-order chi connectivity index (χ0) is 13.8. The van der Waals surface area contributed by atoms with Crippen molar-refractivity contribution in [1.29, 1.82) is 0 Å². The number of benzene rings is 1. The highest BCUT2D eigenvalue weighted by atomic mass is 19.1. The molecule has 0 saturated heterocycles. The van der Waals surface area contributed by atoms with Gasteiger partial charge in [-0.25, -0.2) is 4.39 Å². The molecular weight excluding hydrogens is 245 g/mol. The summed E-state index contributed by atoms with van der Waals surface area (Å²) in [6.45, 7) is 0. The highest BCUT2D eigenvalue weighted by Crippen LogP contribution is 2.22. The molecule has 104 valence electrons. The zero-order valence-corrected chi connectivity index (χ0v) is 11.2. The van der Waals surface area contributed by atoms with Gasteiger partial charge in [0.2, 0.25) is 5.91 Å². The number of aliphatic hydroxyl groups excluding tert-OH is 1. The summed E-state index contributed by atoms with van der Waals surface area (Å²) in [5.74, 6) is -0.329. The highest BCUT2D eigenvalue weighted by molar-refractivity contribution is 5.78. The van der Waals surface area contributed by atoms with Crippen molar-refractivity contribution >= 4 is 5.91 Å². The topological polar surface area (TPSA) is 40.5 Å². The highest BCUT2D eigenvalue weighted by Gasteiger charge is 2.29.